The number of Topliss-reactive ketones (excluding diaryl/α,β-unsaturated/α-hetero) is 1. The van der Waals surface area contributed by atoms with E-state index in [4.69, 9.17) is 21.1 Å². The van der Waals surface area contributed by atoms with Crippen LogP contribution in [0.25, 0.3) is 0 Å². The van der Waals surface area contributed by atoms with Crippen LogP contribution in [0.4, 0.5) is 4.39 Å². The van der Waals surface area contributed by atoms with Crippen LogP contribution in [-0.2, 0) is 24.7 Å². The number of hydrogen-bond donors (Lipinski definition) is 1. The van der Waals surface area contributed by atoms with Crippen molar-refractivity contribution in [2.45, 2.75) is 19.4 Å². The highest BCUT2D eigenvalue weighted by atomic mass is 35.5. The summed E-state index contributed by atoms with van der Waals surface area (Å²) < 4.78 is 24.9. The fourth-order valence-electron chi connectivity index (χ4n) is 2.74. The molecule has 0 spiro atoms. The van der Waals surface area contributed by atoms with Crippen molar-refractivity contribution < 1.29 is 28.2 Å². The van der Waals surface area contributed by atoms with E-state index < -0.39 is 34.8 Å². The summed E-state index contributed by atoms with van der Waals surface area (Å²) in [5, 5.41) is 2.59. The molecule has 0 radical (unpaired) electrons. The molecule has 2 aromatic rings. The molecule has 1 aliphatic heterocycles. The molecule has 1 N–H and O–H groups in total. The molecule has 1 amide bonds. The minimum absolute atomic E-state index is 0.154. The first-order valence-electron chi connectivity index (χ1n) is 8.21. The molecule has 0 saturated carbocycles. The Morgan fingerprint density at radius 2 is 1.86 bits per heavy atom. The van der Waals surface area contributed by atoms with E-state index >= 15 is 0 Å². The van der Waals surface area contributed by atoms with E-state index in [1.807, 2.05) is 0 Å². The van der Waals surface area contributed by atoms with Crippen molar-refractivity contribution in [2.24, 2.45) is 0 Å². The number of benzene rings is 2. The topological polar surface area (TPSA) is 81.7 Å². The van der Waals surface area contributed by atoms with E-state index in [1.165, 1.54) is 19.1 Å². The lowest BCUT2D eigenvalue weighted by Crippen LogP contribution is -2.33. The quantitative estimate of drug-likeness (QED) is 0.791. The summed E-state index contributed by atoms with van der Waals surface area (Å²) in [6.45, 7) is 2.39. The van der Waals surface area contributed by atoms with Gasteiger partial charge in [0.05, 0.1) is 0 Å². The molecule has 2 aromatic carbocycles. The van der Waals surface area contributed by atoms with Gasteiger partial charge in [-0.25, -0.2) is 4.39 Å². The van der Waals surface area contributed by atoms with Gasteiger partial charge < -0.3 is 9.47 Å². The van der Waals surface area contributed by atoms with Gasteiger partial charge in [0.15, 0.2) is 0 Å². The summed E-state index contributed by atoms with van der Waals surface area (Å²) >= 11 is 5.92. The van der Waals surface area contributed by atoms with E-state index in [9.17, 15) is 18.8 Å². The van der Waals surface area contributed by atoms with Crippen LogP contribution in [0.5, 0.6) is 0 Å². The second-order valence-corrected chi connectivity index (χ2v) is 6.60. The molecule has 0 saturated heterocycles. The van der Waals surface area contributed by atoms with E-state index in [0.717, 1.165) is 13.0 Å². The second-order valence-electron chi connectivity index (χ2n) is 6.16. The molecule has 0 aromatic heterocycles. The van der Waals surface area contributed by atoms with Gasteiger partial charge in [-0.3, -0.25) is 19.7 Å². The fraction of sp³-hybridized carbons (Fsp3) is 0.150. The van der Waals surface area contributed by atoms with Gasteiger partial charge in [-0.2, -0.15) is 0 Å². The first-order chi connectivity index (χ1) is 13.2. The van der Waals surface area contributed by atoms with Gasteiger partial charge in [0.2, 0.25) is 17.2 Å². The Bertz CT molecular complexity index is 1000. The number of ether oxygens (including phenoxy) is 2. The number of hydrogen-bond acceptors (Lipinski definition) is 5. The molecule has 6 nitrogen and oxygen atoms in total. The normalized spacial score (nSPS) is 18.6. The summed E-state index contributed by atoms with van der Waals surface area (Å²) in [4.78, 5) is 36.8. The van der Waals surface area contributed by atoms with Crippen molar-refractivity contribution >= 4 is 29.3 Å². The Balaban J connectivity index is 2.00. The fourth-order valence-corrected chi connectivity index (χ4v) is 2.91. The Labute approximate surface area is 164 Å². The standard InChI is InChI=1S/C20H15ClFNO5/c1-11(24)27-16-17(25)20(2,14-10-13(21)8-9-15(14)22)28-19(16)23-18(26)12-6-4-3-5-7-12/h3-10H,1-2H3,(H,23,26). The predicted molar refractivity (Wildman–Crippen MR) is 97.6 cm³/mol. The molecule has 1 heterocycles. The number of ketones is 1. The minimum Gasteiger partial charge on any atom is -0.456 e. The first kappa shape index (κ1) is 19.6. The average Bonchev–Trinajstić information content (AvgIpc) is 2.89. The molecule has 1 atom stereocenters. The highest BCUT2D eigenvalue weighted by Gasteiger charge is 2.51. The highest BCUT2D eigenvalue weighted by Crippen LogP contribution is 2.40. The van der Waals surface area contributed by atoms with Crippen molar-refractivity contribution in [1.29, 1.82) is 0 Å². The third-order valence-corrected chi connectivity index (χ3v) is 4.34. The minimum atomic E-state index is -1.88. The lowest BCUT2D eigenvalue weighted by molar-refractivity contribution is -0.142. The maximum absolute atomic E-state index is 14.4. The van der Waals surface area contributed by atoms with Crippen molar-refractivity contribution in [2.75, 3.05) is 0 Å². The van der Waals surface area contributed by atoms with Crippen LogP contribution in [0.3, 0.4) is 0 Å². The van der Waals surface area contributed by atoms with Crippen LogP contribution < -0.4 is 5.32 Å². The van der Waals surface area contributed by atoms with Gasteiger partial charge in [0, 0.05) is 23.1 Å². The van der Waals surface area contributed by atoms with Crippen molar-refractivity contribution in [3.63, 3.8) is 0 Å². The zero-order valence-electron chi connectivity index (χ0n) is 14.9. The van der Waals surface area contributed by atoms with E-state index in [0.29, 0.717) is 0 Å². The summed E-state index contributed by atoms with van der Waals surface area (Å²) in [6.07, 6.45) is 0. The molecule has 3 rings (SSSR count). The third kappa shape index (κ3) is 3.61. The zero-order chi connectivity index (χ0) is 20.5. The van der Waals surface area contributed by atoms with Crippen LogP contribution in [0.1, 0.15) is 29.8 Å². The predicted octanol–water partition coefficient (Wildman–Crippen LogP) is 3.46. The Kier molecular flexibility index (Phi) is 5.20. The van der Waals surface area contributed by atoms with Gasteiger partial charge in [-0.05, 0) is 37.3 Å². The SMILES string of the molecule is CC(=O)OC1=C(NC(=O)c2ccccc2)OC(C)(c2cc(Cl)ccc2F)C1=O. The number of carbonyl (C=O) groups is 3. The van der Waals surface area contributed by atoms with Crippen LogP contribution in [-0.4, -0.2) is 17.7 Å². The zero-order valence-corrected chi connectivity index (χ0v) is 15.7. The van der Waals surface area contributed by atoms with Crippen molar-refractivity contribution in [1.82, 2.24) is 5.32 Å². The molecule has 28 heavy (non-hydrogen) atoms. The third-order valence-electron chi connectivity index (χ3n) is 4.10. The van der Waals surface area contributed by atoms with Crippen LogP contribution in [0.15, 0.2) is 60.2 Å². The van der Waals surface area contributed by atoms with Crippen molar-refractivity contribution in [3.8, 4) is 0 Å². The largest absolute Gasteiger partial charge is 0.456 e. The number of esters is 1. The number of rotatable bonds is 4. The molecule has 144 valence electrons. The van der Waals surface area contributed by atoms with Crippen LogP contribution in [0.2, 0.25) is 5.02 Å². The number of halogens is 2. The Morgan fingerprint density at radius 3 is 2.50 bits per heavy atom. The van der Waals surface area contributed by atoms with Gasteiger partial charge >= 0.3 is 5.97 Å². The summed E-state index contributed by atoms with van der Waals surface area (Å²) in [5.74, 6) is -3.85. The lowest BCUT2D eigenvalue weighted by atomic mass is 9.91. The molecule has 0 aliphatic carbocycles. The van der Waals surface area contributed by atoms with E-state index in [-0.39, 0.29) is 22.0 Å². The van der Waals surface area contributed by atoms with Gasteiger partial charge in [-0.1, -0.05) is 29.8 Å². The Hall–Kier alpha value is -3.19. The molecule has 0 fully saturated rings. The average molecular weight is 404 g/mol. The number of amides is 1. The van der Waals surface area contributed by atoms with Crippen LogP contribution in [0, 0.1) is 5.82 Å². The monoisotopic (exact) mass is 403 g/mol. The van der Waals surface area contributed by atoms with Crippen LogP contribution >= 0.6 is 11.6 Å². The summed E-state index contributed by atoms with van der Waals surface area (Å²) in [7, 11) is 0. The molecular weight excluding hydrogens is 389 g/mol. The number of carbonyl (C=O) groups excluding carboxylic acids is 3. The van der Waals surface area contributed by atoms with E-state index in [1.54, 1.807) is 30.3 Å². The van der Waals surface area contributed by atoms with Gasteiger partial charge in [0.25, 0.3) is 11.7 Å². The molecular formula is C20H15ClFNO5. The molecule has 1 aliphatic rings. The smallest absolute Gasteiger partial charge is 0.308 e. The summed E-state index contributed by atoms with van der Waals surface area (Å²) in [5.41, 5.74) is -1.74. The van der Waals surface area contributed by atoms with E-state index in [2.05, 4.69) is 5.32 Å². The number of nitrogens with one attached hydrogen (secondary N) is 1. The maximum atomic E-state index is 14.4. The Morgan fingerprint density at radius 1 is 1.18 bits per heavy atom. The second kappa shape index (κ2) is 7.44. The first-order valence-corrected chi connectivity index (χ1v) is 8.58. The van der Waals surface area contributed by atoms with Gasteiger partial charge in [0.1, 0.15) is 5.82 Å². The van der Waals surface area contributed by atoms with Crippen molar-refractivity contribution in [3.05, 3.63) is 82.1 Å². The molecule has 0 bridgehead atoms. The highest BCUT2D eigenvalue weighted by molar-refractivity contribution is 6.30. The maximum Gasteiger partial charge on any atom is 0.308 e. The lowest BCUT2D eigenvalue weighted by Gasteiger charge is -2.24. The van der Waals surface area contributed by atoms with Gasteiger partial charge in [-0.15, -0.1) is 0 Å². The molecule has 1 unspecified atom stereocenters. The molecule has 8 heteroatoms. The summed E-state index contributed by atoms with van der Waals surface area (Å²) in [6, 6.07) is 11.8.